The number of carbonyl (C=O) groups is 3. The van der Waals surface area contributed by atoms with Gasteiger partial charge in [0.1, 0.15) is 17.9 Å². The molecular weight excluding hydrogens is 441 g/mol. The molecule has 6 nitrogen and oxygen atoms in total. The second-order valence-corrected chi connectivity index (χ2v) is 9.18. The third-order valence-electron chi connectivity index (χ3n) is 5.63. The molecule has 4 amide bonds. The van der Waals surface area contributed by atoms with E-state index in [0.29, 0.717) is 18.5 Å². The lowest BCUT2D eigenvalue weighted by Crippen LogP contribution is -2.43. The molecule has 1 saturated heterocycles. The maximum Gasteiger partial charge on any atom is 0.325 e. The Morgan fingerprint density at radius 1 is 1.06 bits per heavy atom. The first kappa shape index (κ1) is 22.8. The molecule has 0 saturated carbocycles. The van der Waals surface area contributed by atoms with Crippen LogP contribution >= 0.6 is 11.8 Å². The number of thioether (sulfide) groups is 1. The normalized spacial score (nSPS) is 17.9. The Morgan fingerprint density at radius 3 is 2.55 bits per heavy atom. The topological polar surface area (TPSA) is 78.5 Å². The van der Waals surface area contributed by atoms with Gasteiger partial charge < -0.3 is 10.6 Å². The Labute approximate surface area is 195 Å². The number of imide groups is 1. The third-order valence-corrected chi connectivity index (χ3v) is 6.73. The molecule has 3 aromatic rings. The molecule has 2 N–H and O–H groups in total. The zero-order chi connectivity index (χ0) is 23.4. The average molecular weight is 466 g/mol. The Hall–Kier alpha value is -3.39. The summed E-state index contributed by atoms with van der Waals surface area (Å²) in [5.41, 5.74) is -0.562. The van der Waals surface area contributed by atoms with E-state index in [1.54, 1.807) is 30.8 Å². The van der Waals surface area contributed by atoms with E-state index >= 15 is 0 Å². The molecule has 0 aliphatic carbocycles. The van der Waals surface area contributed by atoms with Gasteiger partial charge in [-0.15, -0.1) is 11.8 Å². The van der Waals surface area contributed by atoms with Crippen LogP contribution in [0.4, 0.5) is 9.18 Å². The van der Waals surface area contributed by atoms with Crippen molar-refractivity contribution in [2.24, 2.45) is 0 Å². The maximum atomic E-state index is 13.1. The molecule has 1 aliphatic heterocycles. The standard InChI is InChI=1S/C25H24FN3O3S/c1-25(19-8-7-17-5-2-3-6-18(17)15-19)23(31)29(24(32)28-25)16-22(30)27-13-4-14-33-21-11-9-20(26)10-12-21/h2-3,5-12,15H,4,13-14,16H2,1H3,(H,27,30)(H,28,32). The lowest BCUT2D eigenvalue weighted by Gasteiger charge is -2.22. The Kier molecular flexibility index (Phi) is 6.65. The smallest absolute Gasteiger partial charge is 0.325 e. The molecule has 0 spiro atoms. The van der Waals surface area contributed by atoms with E-state index in [2.05, 4.69) is 10.6 Å². The van der Waals surface area contributed by atoms with Gasteiger partial charge in [0.2, 0.25) is 5.91 Å². The fraction of sp³-hybridized carbons (Fsp3) is 0.240. The summed E-state index contributed by atoms with van der Waals surface area (Å²) in [6.45, 7) is 1.74. The van der Waals surface area contributed by atoms with Crippen LogP contribution in [0.3, 0.4) is 0 Å². The molecule has 0 radical (unpaired) electrons. The van der Waals surface area contributed by atoms with Crippen LogP contribution in [-0.4, -0.2) is 41.6 Å². The van der Waals surface area contributed by atoms with Crippen molar-refractivity contribution < 1.29 is 18.8 Å². The van der Waals surface area contributed by atoms with E-state index in [0.717, 1.165) is 26.3 Å². The van der Waals surface area contributed by atoms with E-state index in [1.807, 2.05) is 42.5 Å². The van der Waals surface area contributed by atoms with Crippen molar-refractivity contribution in [3.8, 4) is 0 Å². The highest BCUT2D eigenvalue weighted by Crippen LogP contribution is 2.31. The third kappa shape index (κ3) is 5.01. The van der Waals surface area contributed by atoms with Crippen molar-refractivity contribution in [2.75, 3.05) is 18.8 Å². The molecular formula is C25H24FN3O3S. The SMILES string of the molecule is CC1(c2ccc3ccccc3c2)NC(=O)N(CC(=O)NCCCSc2ccc(F)cc2)C1=O. The molecule has 1 atom stereocenters. The molecule has 1 heterocycles. The predicted octanol–water partition coefficient (Wildman–Crippen LogP) is 4.04. The van der Waals surface area contributed by atoms with Gasteiger partial charge in [-0.25, -0.2) is 9.18 Å². The van der Waals surface area contributed by atoms with Crippen molar-refractivity contribution in [3.63, 3.8) is 0 Å². The number of urea groups is 1. The fourth-order valence-electron chi connectivity index (χ4n) is 3.76. The van der Waals surface area contributed by atoms with Crippen LogP contribution in [0, 0.1) is 5.82 Å². The number of amides is 4. The molecule has 1 fully saturated rings. The van der Waals surface area contributed by atoms with Crippen LogP contribution in [0.1, 0.15) is 18.9 Å². The molecule has 1 aliphatic rings. The summed E-state index contributed by atoms with van der Waals surface area (Å²) in [7, 11) is 0. The second kappa shape index (κ2) is 9.62. The van der Waals surface area contributed by atoms with Gasteiger partial charge in [-0.2, -0.15) is 0 Å². The Balaban J connectivity index is 1.30. The van der Waals surface area contributed by atoms with Gasteiger partial charge in [0.25, 0.3) is 5.91 Å². The first-order valence-electron chi connectivity index (χ1n) is 10.7. The Morgan fingerprint density at radius 2 is 1.79 bits per heavy atom. The number of rotatable bonds is 8. The predicted molar refractivity (Wildman–Crippen MR) is 126 cm³/mol. The molecule has 1 unspecified atom stereocenters. The monoisotopic (exact) mass is 465 g/mol. The van der Waals surface area contributed by atoms with Gasteiger partial charge >= 0.3 is 6.03 Å². The van der Waals surface area contributed by atoms with Gasteiger partial charge in [-0.3, -0.25) is 14.5 Å². The highest BCUT2D eigenvalue weighted by molar-refractivity contribution is 7.99. The van der Waals surface area contributed by atoms with E-state index in [1.165, 1.54) is 12.1 Å². The minimum absolute atomic E-state index is 0.274. The second-order valence-electron chi connectivity index (χ2n) is 8.01. The van der Waals surface area contributed by atoms with E-state index < -0.39 is 23.4 Å². The summed E-state index contributed by atoms with van der Waals surface area (Å²) < 4.78 is 12.9. The molecule has 0 aromatic heterocycles. The molecule has 33 heavy (non-hydrogen) atoms. The van der Waals surface area contributed by atoms with Crippen LogP contribution in [0.2, 0.25) is 0 Å². The van der Waals surface area contributed by atoms with E-state index in [4.69, 9.17) is 0 Å². The van der Waals surface area contributed by atoms with Crippen molar-refractivity contribution >= 4 is 40.4 Å². The summed E-state index contributed by atoms with van der Waals surface area (Å²) in [6, 6.07) is 19.1. The van der Waals surface area contributed by atoms with E-state index in [-0.39, 0.29) is 12.4 Å². The van der Waals surface area contributed by atoms with Crippen LogP contribution < -0.4 is 10.6 Å². The van der Waals surface area contributed by atoms with Crippen molar-refractivity contribution in [3.05, 3.63) is 78.1 Å². The first-order valence-corrected chi connectivity index (χ1v) is 11.6. The highest BCUT2D eigenvalue weighted by atomic mass is 32.2. The zero-order valence-electron chi connectivity index (χ0n) is 18.1. The highest BCUT2D eigenvalue weighted by Gasteiger charge is 2.49. The lowest BCUT2D eigenvalue weighted by molar-refractivity contribution is -0.134. The summed E-state index contributed by atoms with van der Waals surface area (Å²) >= 11 is 1.57. The molecule has 0 bridgehead atoms. The Bertz CT molecular complexity index is 1200. The number of benzene rings is 3. The molecule has 4 rings (SSSR count). The average Bonchev–Trinajstić information content (AvgIpc) is 3.03. The van der Waals surface area contributed by atoms with Crippen LogP contribution in [0.15, 0.2) is 71.6 Å². The molecule has 8 heteroatoms. The van der Waals surface area contributed by atoms with Gasteiger partial charge in [-0.1, -0.05) is 36.4 Å². The summed E-state index contributed by atoms with van der Waals surface area (Å²) in [6.07, 6.45) is 0.697. The van der Waals surface area contributed by atoms with Crippen molar-refractivity contribution in [2.45, 2.75) is 23.8 Å². The zero-order valence-corrected chi connectivity index (χ0v) is 19.0. The first-order chi connectivity index (χ1) is 15.9. The fourth-order valence-corrected chi connectivity index (χ4v) is 4.61. The van der Waals surface area contributed by atoms with Gasteiger partial charge in [0, 0.05) is 11.4 Å². The number of carbonyl (C=O) groups excluding carboxylic acids is 3. The largest absolute Gasteiger partial charge is 0.355 e. The maximum absolute atomic E-state index is 13.1. The number of hydrogen-bond donors (Lipinski definition) is 2. The summed E-state index contributed by atoms with van der Waals surface area (Å²) in [4.78, 5) is 39.9. The van der Waals surface area contributed by atoms with Crippen molar-refractivity contribution in [1.82, 2.24) is 15.5 Å². The van der Waals surface area contributed by atoms with Gasteiger partial charge in [0.05, 0.1) is 0 Å². The van der Waals surface area contributed by atoms with Crippen LogP contribution in [-0.2, 0) is 15.1 Å². The lowest BCUT2D eigenvalue weighted by atomic mass is 9.90. The minimum atomic E-state index is -1.23. The van der Waals surface area contributed by atoms with Crippen LogP contribution in [0.25, 0.3) is 10.8 Å². The number of fused-ring (bicyclic) bond motifs is 1. The molecule has 170 valence electrons. The molecule has 3 aromatic carbocycles. The summed E-state index contributed by atoms with van der Waals surface area (Å²) in [5, 5.41) is 7.50. The van der Waals surface area contributed by atoms with E-state index in [9.17, 15) is 18.8 Å². The summed E-state index contributed by atoms with van der Waals surface area (Å²) in [5.74, 6) is -0.378. The number of nitrogens with one attached hydrogen (secondary N) is 2. The van der Waals surface area contributed by atoms with Crippen molar-refractivity contribution in [1.29, 1.82) is 0 Å². The number of halogens is 1. The number of hydrogen-bond acceptors (Lipinski definition) is 4. The quantitative estimate of drug-likeness (QED) is 0.299. The van der Waals surface area contributed by atoms with Gasteiger partial charge in [0.15, 0.2) is 0 Å². The van der Waals surface area contributed by atoms with Crippen LogP contribution in [0.5, 0.6) is 0 Å². The number of nitrogens with zero attached hydrogens (tertiary/aromatic N) is 1. The van der Waals surface area contributed by atoms with Gasteiger partial charge in [-0.05, 0) is 65.8 Å². The minimum Gasteiger partial charge on any atom is -0.355 e.